The molecule has 0 saturated heterocycles. The fraction of sp³-hybridized carbons (Fsp3) is 0.238. The number of carbonyl (C=O) groups is 1. The van der Waals surface area contributed by atoms with Gasteiger partial charge in [0.1, 0.15) is 13.2 Å². The predicted octanol–water partition coefficient (Wildman–Crippen LogP) is 3.98. The van der Waals surface area contributed by atoms with Crippen molar-refractivity contribution in [2.45, 2.75) is 18.0 Å². The Balaban J connectivity index is 1.35. The molecule has 5 nitrogen and oxygen atoms in total. The van der Waals surface area contributed by atoms with Crippen molar-refractivity contribution in [1.29, 1.82) is 0 Å². The van der Waals surface area contributed by atoms with E-state index in [0.29, 0.717) is 19.0 Å². The number of thioether (sulfide) groups is 1. The number of ether oxygens (including phenoxy) is 2. The first-order chi connectivity index (χ1) is 13.2. The lowest BCUT2D eigenvalue weighted by atomic mass is 10.1. The molecular weight excluding hydrogens is 360 g/mol. The summed E-state index contributed by atoms with van der Waals surface area (Å²) >= 11 is 1.44. The number of fused-ring (bicyclic) bond motifs is 2. The van der Waals surface area contributed by atoms with Gasteiger partial charge < -0.3 is 14.8 Å². The second-order valence-corrected chi connectivity index (χ2v) is 7.32. The molecule has 1 unspecified atom stereocenters. The normalized spacial score (nSPS) is 14.0. The van der Waals surface area contributed by atoms with E-state index in [2.05, 4.69) is 10.3 Å². The van der Waals surface area contributed by atoms with E-state index in [1.807, 2.05) is 61.5 Å². The topological polar surface area (TPSA) is 60.5 Å². The Labute approximate surface area is 162 Å². The largest absolute Gasteiger partial charge is 0.486 e. The minimum absolute atomic E-state index is 0.0302. The quantitative estimate of drug-likeness (QED) is 0.679. The maximum atomic E-state index is 12.3. The molecule has 2 heterocycles. The van der Waals surface area contributed by atoms with E-state index in [1.54, 1.807) is 0 Å². The van der Waals surface area contributed by atoms with Gasteiger partial charge in [-0.1, -0.05) is 42.1 Å². The van der Waals surface area contributed by atoms with Gasteiger partial charge >= 0.3 is 0 Å². The monoisotopic (exact) mass is 380 g/mol. The average molecular weight is 380 g/mol. The van der Waals surface area contributed by atoms with Crippen molar-refractivity contribution in [3.05, 3.63) is 60.2 Å². The van der Waals surface area contributed by atoms with Crippen LogP contribution in [-0.4, -0.2) is 29.9 Å². The van der Waals surface area contributed by atoms with Crippen LogP contribution >= 0.6 is 11.8 Å². The third-order valence-electron chi connectivity index (χ3n) is 4.37. The first kappa shape index (κ1) is 17.7. The summed E-state index contributed by atoms with van der Waals surface area (Å²) in [5.41, 5.74) is 1.92. The highest BCUT2D eigenvalue weighted by molar-refractivity contribution is 7.99. The second kappa shape index (κ2) is 7.88. The number of nitrogens with one attached hydrogen (secondary N) is 1. The van der Waals surface area contributed by atoms with Gasteiger partial charge in [-0.2, -0.15) is 0 Å². The Bertz CT molecular complexity index is 977. The number of carbonyl (C=O) groups excluding carboxylic acids is 1. The summed E-state index contributed by atoms with van der Waals surface area (Å²) in [5.74, 6) is 1.77. The van der Waals surface area contributed by atoms with Gasteiger partial charge in [-0.15, -0.1) is 0 Å². The maximum Gasteiger partial charge on any atom is 0.230 e. The van der Waals surface area contributed by atoms with Crippen molar-refractivity contribution in [2.24, 2.45) is 0 Å². The van der Waals surface area contributed by atoms with Crippen molar-refractivity contribution in [3.63, 3.8) is 0 Å². The van der Waals surface area contributed by atoms with Crippen LogP contribution in [0.15, 0.2) is 59.6 Å². The molecule has 3 aromatic rings. The summed E-state index contributed by atoms with van der Waals surface area (Å²) in [4.78, 5) is 16.9. The Morgan fingerprint density at radius 1 is 1.11 bits per heavy atom. The molecule has 0 aliphatic carbocycles. The van der Waals surface area contributed by atoms with E-state index < -0.39 is 0 Å². The van der Waals surface area contributed by atoms with Gasteiger partial charge in [-0.25, -0.2) is 4.98 Å². The van der Waals surface area contributed by atoms with E-state index in [1.165, 1.54) is 11.8 Å². The van der Waals surface area contributed by atoms with Crippen molar-refractivity contribution >= 4 is 28.6 Å². The maximum absolute atomic E-state index is 12.3. The van der Waals surface area contributed by atoms with Gasteiger partial charge in [0.25, 0.3) is 0 Å². The molecule has 0 spiro atoms. The van der Waals surface area contributed by atoms with Gasteiger partial charge in [0, 0.05) is 5.39 Å². The zero-order valence-corrected chi connectivity index (χ0v) is 15.8. The molecule has 1 aromatic heterocycles. The predicted molar refractivity (Wildman–Crippen MR) is 106 cm³/mol. The zero-order chi connectivity index (χ0) is 18.6. The van der Waals surface area contributed by atoms with E-state index >= 15 is 0 Å². The Morgan fingerprint density at radius 2 is 1.93 bits per heavy atom. The Hall–Kier alpha value is -2.73. The highest BCUT2D eigenvalue weighted by Gasteiger charge is 2.16. The Morgan fingerprint density at radius 3 is 2.81 bits per heavy atom. The fourth-order valence-electron chi connectivity index (χ4n) is 2.96. The van der Waals surface area contributed by atoms with Crippen LogP contribution in [-0.2, 0) is 4.79 Å². The first-order valence-electron chi connectivity index (χ1n) is 8.86. The summed E-state index contributed by atoms with van der Waals surface area (Å²) in [6.07, 6.45) is 0. The molecule has 0 radical (unpaired) electrons. The number of hydrogen-bond donors (Lipinski definition) is 1. The minimum Gasteiger partial charge on any atom is -0.486 e. The summed E-state index contributed by atoms with van der Waals surface area (Å²) in [5, 5.41) is 4.97. The minimum atomic E-state index is -0.113. The third kappa shape index (κ3) is 4.17. The highest BCUT2D eigenvalue weighted by atomic mass is 32.2. The van der Waals surface area contributed by atoms with Crippen LogP contribution in [0.1, 0.15) is 18.5 Å². The van der Waals surface area contributed by atoms with Gasteiger partial charge in [0.2, 0.25) is 5.91 Å². The SMILES string of the molecule is CC(NC(=O)CSc1ccc2ccccc2n1)c1ccc2c(c1)OCCO2. The van der Waals surface area contributed by atoms with Crippen LogP contribution in [0.4, 0.5) is 0 Å². The summed E-state index contributed by atoms with van der Waals surface area (Å²) in [6, 6.07) is 17.6. The average Bonchev–Trinajstić information content (AvgIpc) is 2.71. The van der Waals surface area contributed by atoms with E-state index in [4.69, 9.17) is 9.47 Å². The number of para-hydroxylation sites is 1. The smallest absolute Gasteiger partial charge is 0.230 e. The van der Waals surface area contributed by atoms with E-state index in [9.17, 15) is 4.79 Å². The molecule has 1 aliphatic heterocycles. The lowest BCUT2D eigenvalue weighted by Gasteiger charge is -2.21. The Kier molecular flexibility index (Phi) is 5.16. The molecule has 2 aromatic carbocycles. The zero-order valence-electron chi connectivity index (χ0n) is 15.0. The number of hydrogen-bond acceptors (Lipinski definition) is 5. The van der Waals surface area contributed by atoms with Crippen LogP contribution in [0, 0.1) is 0 Å². The van der Waals surface area contributed by atoms with Gasteiger partial charge in [-0.05, 0) is 36.8 Å². The third-order valence-corrected chi connectivity index (χ3v) is 5.30. The molecule has 1 atom stereocenters. The van der Waals surface area contributed by atoms with Gasteiger partial charge in [0.15, 0.2) is 11.5 Å². The molecule has 1 N–H and O–H groups in total. The van der Waals surface area contributed by atoms with Crippen LogP contribution in [0.3, 0.4) is 0 Å². The van der Waals surface area contributed by atoms with Crippen molar-refractivity contribution < 1.29 is 14.3 Å². The van der Waals surface area contributed by atoms with E-state index in [-0.39, 0.29) is 11.9 Å². The molecule has 0 saturated carbocycles. The molecule has 27 heavy (non-hydrogen) atoms. The molecule has 1 aliphatic rings. The molecule has 138 valence electrons. The lowest BCUT2D eigenvalue weighted by molar-refractivity contribution is -0.119. The summed E-state index contributed by atoms with van der Waals surface area (Å²) in [6.45, 7) is 3.08. The molecule has 6 heteroatoms. The van der Waals surface area contributed by atoms with Crippen molar-refractivity contribution in [3.8, 4) is 11.5 Å². The number of pyridine rings is 1. The van der Waals surface area contributed by atoms with Crippen LogP contribution in [0.5, 0.6) is 11.5 Å². The fourth-order valence-corrected chi connectivity index (χ4v) is 3.65. The van der Waals surface area contributed by atoms with Gasteiger partial charge in [-0.3, -0.25) is 4.79 Å². The number of nitrogens with zero attached hydrogens (tertiary/aromatic N) is 1. The molecule has 4 rings (SSSR count). The van der Waals surface area contributed by atoms with Crippen LogP contribution in [0.2, 0.25) is 0 Å². The first-order valence-corrected chi connectivity index (χ1v) is 9.85. The molecular formula is C21H20N2O3S. The molecule has 1 amide bonds. The van der Waals surface area contributed by atoms with Crippen molar-refractivity contribution in [1.82, 2.24) is 10.3 Å². The second-order valence-electron chi connectivity index (χ2n) is 6.32. The molecule has 0 bridgehead atoms. The number of amides is 1. The standard InChI is InChI=1S/C21H20N2O3S/c1-14(16-6-8-18-19(12-16)26-11-10-25-18)22-20(24)13-27-21-9-7-15-4-2-3-5-17(15)23-21/h2-9,12,14H,10-11,13H2,1H3,(H,22,24). The van der Waals surface area contributed by atoms with Crippen molar-refractivity contribution in [2.75, 3.05) is 19.0 Å². The van der Waals surface area contributed by atoms with Crippen LogP contribution < -0.4 is 14.8 Å². The number of aromatic nitrogens is 1. The lowest BCUT2D eigenvalue weighted by Crippen LogP contribution is -2.28. The summed E-state index contributed by atoms with van der Waals surface area (Å²) < 4.78 is 11.1. The number of rotatable bonds is 5. The highest BCUT2D eigenvalue weighted by Crippen LogP contribution is 2.32. The van der Waals surface area contributed by atoms with Gasteiger partial charge in [0.05, 0.1) is 22.3 Å². The summed E-state index contributed by atoms with van der Waals surface area (Å²) in [7, 11) is 0. The van der Waals surface area contributed by atoms with Crippen LogP contribution in [0.25, 0.3) is 10.9 Å². The number of benzene rings is 2. The van der Waals surface area contributed by atoms with E-state index in [0.717, 1.165) is 33.0 Å². The molecule has 0 fully saturated rings.